The Morgan fingerprint density at radius 2 is 1.18 bits per heavy atom. The molecule has 2 N–H and O–H groups in total. The summed E-state index contributed by atoms with van der Waals surface area (Å²) in [7, 11) is -3.67. The summed E-state index contributed by atoms with van der Waals surface area (Å²) in [5.41, 5.74) is 0.952. The van der Waals surface area contributed by atoms with Crippen LogP contribution >= 0.6 is 7.60 Å². The Morgan fingerprint density at radius 1 is 0.652 bits per heavy atom. The summed E-state index contributed by atoms with van der Waals surface area (Å²) in [5, 5.41) is 36.3. The third kappa shape index (κ3) is 24.6. The predicted octanol–water partition coefficient (Wildman–Crippen LogP) is 14.2. The number of aromatic nitrogens is 2. The molecule has 372 valence electrons. The minimum absolute atomic E-state index is 0.0431. The standard InChI is InChI=1S/C49H81N6O10P/c1-3-5-7-9-10-11-12-13-14-15-19-22-25-28-38-62-40-42(41-63-66(61,39-29-8-6-4-2)64-44-33-31-43(32-34-44)54(57)58)51-47(56)30-26-23-20-17-16-18-21-24-27-37-50-45-35-36-46(55(59)60)49-48(45)52-65-53-49/h31-36,42,50H,3-30,37-41H2,1-2H3,(H,51,56). The van der Waals surface area contributed by atoms with Gasteiger partial charge in [0.25, 0.3) is 5.69 Å². The van der Waals surface area contributed by atoms with Gasteiger partial charge < -0.3 is 19.9 Å². The van der Waals surface area contributed by atoms with Crippen molar-refractivity contribution in [1.29, 1.82) is 0 Å². The van der Waals surface area contributed by atoms with Gasteiger partial charge in [0.15, 0.2) is 5.52 Å². The number of ether oxygens (including phenoxy) is 1. The Balaban J connectivity index is 1.36. The number of carbonyl (C=O) groups is 1. The van der Waals surface area contributed by atoms with Crippen LogP contribution in [0.1, 0.15) is 194 Å². The van der Waals surface area contributed by atoms with Gasteiger partial charge in [0.2, 0.25) is 11.4 Å². The molecule has 17 heteroatoms. The van der Waals surface area contributed by atoms with E-state index < -0.39 is 23.5 Å². The number of anilines is 1. The summed E-state index contributed by atoms with van der Waals surface area (Å²) in [6.45, 7) is 5.84. The summed E-state index contributed by atoms with van der Waals surface area (Å²) in [4.78, 5) is 34.6. The third-order valence-electron chi connectivity index (χ3n) is 11.9. The van der Waals surface area contributed by atoms with Crippen LogP contribution in [-0.2, 0) is 18.6 Å². The highest BCUT2D eigenvalue weighted by atomic mass is 31.2. The van der Waals surface area contributed by atoms with Crippen molar-refractivity contribution in [3.63, 3.8) is 0 Å². The largest absolute Gasteiger partial charge is 0.424 e. The van der Waals surface area contributed by atoms with Crippen LogP contribution in [0.5, 0.6) is 5.75 Å². The number of nitro benzene ring substituents is 2. The van der Waals surface area contributed by atoms with E-state index in [4.69, 9.17) is 18.4 Å². The molecule has 66 heavy (non-hydrogen) atoms. The molecule has 2 atom stereocenters. The first-order chi connectivity index (χ1) is 32.2. The quantitative estimate of drug-likeness (QED) is 0.0234. The Morgan fingerprint density at radius 3 is 1.76 bits per heavy atom. The number of fused-ring (bicyclic) bond motifs is 1. The zero-order chi connectivity index (χ0) is 47.5. The van der Waals surface area contributed by atoms with Crippen molar-refractivity contribution in [2.45, 2.75) is 200 Å². The molecule has 1 amide bonds. The molecule has 3 rings (SSSR count). The fourth-order valence-electron chi connectivity index (χ4n) is 7.93. The lowest BCUT2D eigenvalue weighted by Gasteiger charge is -2.24. The number of rotatable bonds is 43. The second kappa shape index (κ2) is 35.1. The zero-order valence-corrected chi connectivity index (χ0v) is 41.1. The smallest absolute Gasteiger partial charge is 0.379 e. The summed E-state index contributed by atoms with van der Waals surface area (Å²) >= 11 is 0. The monoisotopic (exact) mass is 945 g/mol. The van der Waals surface area contributed by atoms with Crippen LogP contribution in [0, 0.1) is 20.2 Å². The average Bonchev–Trinajstić information content (AvgIpc) is 3.80. The van der Waals surface area contributed by atoms with Crippen molar-refractivity contribution in [2.24, 2.45) is 0 Å². The lowest BCUT2D eigenvalue weighted by molar-refractivity contribution is -0.384. The topological polar surface area (TPSA) is 211 Å². The van der Waals surface area contributed by atoms with E-state index in [1.54, 1.807) is 6.07 Å². The maximum atomic E-state index is 14.1. The Bertz CT molecular complexity index is 1810. The van der Waals surface area contributed by atoms with Crippen molar-refractivity contribution < 1.29 is 37.6 Å². The highest BCUT2D eigenvalue weighted by molar-refractivity contribution is 7.54. The highest BCUT2D eigenvalue weighted by Crippen LogP contribution is 2.49. The number of hydrogen-bond acceptors (Lipinski definition) is 13. The van der Waals surface area contributed by atoms with Gasteiger partial charge in [-0.15, -0.1) is 0 Å². The number of hydrogen-bond donors (Lipinski definition) is 2. The molecule has 0 radical (unpaired) electrons. The van der Waals surface area contributed by atoms with Gasteiger partial charge in [-0.05, 0) is 54.2 Å². The lowest BCUT2D eigenvalue weighted by atomic mass is 10.0. The molecule has 16 nitrogen and oxygen atoms in total. The van der Waals surface area contributed by atoms with E-state index >= 15 is 0 Å². The van der Waals surface area contributed by atoms with E-state index in [1.165, 1.54) is 107 Å². The van der Waals surface area contributed by atoms with Crippen molar-refractivity contribution in [3.05, 3.63) is 56.6 Å². The number of amides is 1. The minimum atomic E-state index is -3.67. The number of nitrogens with zero attached hydrogens (tertiary/aromatic N) is 4. The van der Waals surface area contributed by atoms with Gasteiger partial charge in [-0.2, -0.15) is 0 Å². The molecular weight excluding hydrogens is 864 g/mol. The Labute approximate surface area is 393 Å². The van der Waals surface area contributed by atoms with E-state index in [0.717, 1.165) is 96.4 Å². The first-order valence-corrected chi connectivity index (χ1v) is 27.1. The van der Waals surface area contributed by atoms with Gasteiger partial charge in [-0.25, -0.2) is 9.19 Å². The summed E-state index contributed by atoms with van der Waals surface area (Å²) in [6.07, 6.45) is 31.2. The van der Waals surface area contributed by atoms with Crippen LogP contribution in [0.2, 0.25) is 0 Å². The van der Waals surface area contributed by atoms with Gasteiger partial charge in [-0.1, -0.05) is 162 Å². The van der Waals surface area contributed by atoms with Crippen molar-refractivity contribution >= 4 is 41.6 Å². The fraction of sp³-hybridized carbons (Fsp3) is 0.735. The van der Waals surface area contributed by atoms with Crippen LogP contribution in [0.15, 0.2) is 41.0 Å². The van der Waals surface area contributed by atoms with E-state index in [1.807, 2.05) is 0 Å². The molecule has 2 unspecified atom stereocenters. The summed E-state index contributed by atoms with van der Waals surface area (Å²) in [6, 6.07) is 8.02. The molecule has 0 saturated heterocycles. The number of unbranched alkanes of at least 4 members (excludes halogenated alkanes) is 24. The first-order valence-electron chi connectivity index (χ1n) is 25.3. The average molecular weight is 945 g/mol. The zero-order valence-electron chi connectivity index (χ0n) is 40.2. The molecule has 0 saturated carbocycles. The van der Waals surface area contributed by atoms with Gasteiger partial charge >= 0.3 is 13.3 Å². The maximum absolute atomic E-state index is 14.1. The highest BCUT2D eigenvalue weighted by Gasteiger charge is 2.28. The molecule has 0 spiro atoms. The summed E-state index contributed by atoms with van der Waals surface area (Å²) < 4.78 is 36.9. The number of benzene rings is 2. The molecule has 1 heterocycles. The second-order valence-corrected chi connectivity index (χ2v) is 19.8. The van der Waals surface area contributed by atoms with Crippen LogP contribution in [0.4, 0.5) is 17.1 Å². The van der Waals surface area contributed by atoms with Crippen LogP contribution in [0.3, 0.4) is 0 Å². The van der Waals surface area contributed by atoms with E-state index in [-0.39, 0.29) is 47.9 Å². The lowest BCUT2D eigenvalue weighted by Crippen LogP contribution is -2.41. The third-order valence-corrected chi connectivity index (χ3v) is 13.8. The predicted molar refractivity (Wildman–Crippen MR) is 262 cm³/mol. The number of nitrogens with one attached hydrogen (secondary N) is 2. The van der Waals surface area contributed by atoms with Crippen molar-refractivity contribution in [1.82, 2.24) is 15.6 Å². The maximum Gasteiger partial charge on any atom is 0.379 e. The summed E-state index contributed by atoms with van der Waals surface area (Å²) in [5.74, 6) is 0.136. The van der Waals surface area contributed by atoms with E-state index in [2.05, 4.69) is 34.8 Å². The van der Waals surface area contributed by atoms with Crippen LogP contribution in [-0.4, -0.2) is 64.6 Å². The Hall–Kier alpha value is -4.14. The van der Waals surface area contributed by atoms with Crippen LogP contribution in [0.25, 0.3) is 11.0 Å². The van der Waals surface area contributed by atoms with E-state index in [0.29, 0.717) is 30.7 Å². The Kier molecular flexibility index (Phi) is 29.9. The molecule has 0 aliphatic rings. The number of non-ortho nitro benzene ring substituents is 2. The first kappa shape index (κ1) is 56.2. The SMILES string of the molecule is CCCCCCCCCCCCCCCCOCC(COP(=O)(CCCCCC)Oc1ccc([N+](=O)[O-])cc1)NC(=O)CCCCCCCCCCCNc1ccc([N+](=O)[O-])c2nonc12. The second-order valence-electron chi connectivity index (χ2n) is 17.7. The van der Waals surface area contributed by atoms with Crippen molar-refractivity contribution in [3.8, 4) is 5.75 Å². The van der Waals surface area contributed by atoms with Crippen LogP contribution < -0.4 is 15.2 Å². The van der Waals surface area contributed by atoms with Gasteiger partial charge in [0.05, 0.1) is 41.0 Å². The molecule has 0 fully saturated rings. The molecule has 2 aromatic carbocycles. The molecule has 0 aliphatic heterocycles. The fourth-order valence-corrected chi connectivity index (χ4v) is 9.67. The van der Waals surface area contributed by atoms with E-state index in [9.17, 15) is 29.6 Å². The number of nitro groups is 2. The van der Waals surface area contributed by atoms with Gasteiger partial charge in [-0.3, -0.25) is 29.5 Å². The normalized spacial score (nSPS) is 12.8. The van der Waals surface area contributed by atoms with Crippen molar-refractivity contribution in [2.75, 3.05) is 37.8 Å². The molecule has 0 aliphatic carbocycles. The molecule has 1 aromatic heterocycles. The minimum Gasteiger partial charge on any atom is -0.424 e. The molecule has 0 bridgehead atoms. The van der Waals surface area contributed by atoms with Gasteiger partial charge in [0, 0.05) is 37.8 Å². The molecular formula is C49H81N6O10P. The molecule has 3 aromatic rings. The number of carbonyl (C=O) groups excluding carboxylic acids is 1. The van der Waals surface area contributed by atoms with Gasteiger partial charge in [0.1, 0.15) is 5.75 Å².